The van der Waals surface area contributed by atoms with E-state index >= 15 is 0 Å². The quantitative estimate of drug-likeness (QED) is 0.917. The van der Waals surface area contributed by atoms with Crippen molar-refractivity contribution < 1.29 is 4.79 Å². The third-order valence-corrected chi connectivity index (χ3v) is 4.87. The fourth-order valence-electron chi connectivity index (χ4n) is 3.09. The van der Waals surface area contributed by atoms with E-state index in [0.29, 0.717) is 5.02 Å². The molecule has 5 nitrogen and oxygen atoms in total. The summed E-state index contributed by atoms with van der Waals surface area (Å²) in [4.78, 5) is 18.8. The summed E-state index contributed by atoms with van der Waals surface area (Å²) in [5.41, 5.74) is 1.56. The molecule has 1 atom stereocenters. The van der Waals surface area contributed by atoms with Crippen LogP contribution in [0.3, 0.4) is 0 Å². The fourth-order valence-corrected chi connectivity index (χ4v) is 3.37. The van der Waals surface area contributed by atoms with Gasteiger partial charge in [0.15, 0.2) is 0 Å². The number of benzene rings is 1. The Bertz CT molecular complexity index is 678. The Balaban J connectivity index is 1.66. The van der Waals surface area contributed by atoms with Crippen molar-refractivity contribution in [2.75, 3.05) is 18.4 Å². The molecule has 1 aliphatic rings. The SMILES string of the molecule is CC(C(=O)Nc1ccc(-n2ccnc2)c(Cl)c1)N1CCCCCC1. The highest BCUT2D eigenvalue weighted by Crippen LogP contribution is 2.24. The Labute approximate surface area is 147 Å². The third kappa shape index (κ3) is 3.97. The Morgan fingerprint density at radius 3 is 2.62 bits per heavy atom. The predicted molar refractivity (Wildman–Crippen MR) is 96.7 cm³/mol. The molecule has 0 radical (unpaired) electrons. The van der Waals surface area contributed by atoms with Gasteiger partial charge in [-0.05, 0) is 51.1 Å². The average molecular weight is 347 g/mol. The number of aromatic nitrogens is 2. The number of halogens is 1. The topological polar surface area (TPSA) is 50.2 Å². The van der Waals surface area contributed by atoms with Gasteiger partial charge in [0.05, 0.1) is 23.1 Å². The molecule has 1 N–H and O–H groups in total. The lowest BCUT2D eigenvalue weighted by Gasteiger charge is -2.26. The van der Waals surface area contributed by atoms with Gasteiger partial charge in [0.1, 0.15) is 0 Å². The molecule has 3 rings (SSSR count). The van der Waals surface area contributed by atoms with Crippen LogP contribution in [0.1, 0.15) is 32.6 Å². The maximum atomic E-state index is 12.5. The van der Waals surface area contributed by atoms with Crippen molar-refractivity contribution in [2.45, 2.75) is 38.6 Å². The number of hydrogen-bond donors (Lipinski definition) is 1. The highest BCUT2D eigenvalue weighted by Gasteiger charge is 2.22. The summed E-state index contributed by atoms with van der Waals surface area (Å²) < 4.78 is 1.84. The molecule has 1 aliphatic heterocycles. The summed E-state index contributed by atoms with van der Waals surface area (Å²) in [6.45, 7) is 3.96. The van der Waals surface area contributed by atoms with Crippen LogP contribution in [0.5, 0.6) is 0 Å². The monoisotopic (exact) mass is 346 g/mol. The molecule has 2 heterocycles. The Morgan fingerprint density at radius 2 is 2.00 bits per heavy atom. The molecule has 2 aromatic rings. The molecule has 1 aromatic carbocycles. The largest absolute Gasteiger partial charge is 0.325 e. The lowest BCUT2D eigenvalue weighted by molar-refractivity contribution is -0.120. The van der Waals surface area contributed by atoms with E-state index in [1.807, 2.05) is 29.8 Å². The van der Waals surface area contributed by atoms with Gasteiger partial charge in [-0.25, -0.2) is 4.98 Å². The van der Waals surface area contributed by atoms with E-state index in [1.165, 1.54) is 25.7 Å². The first-order valence-corrected chi connectivity index (χ1v) is 8.86. The van der Waals surface area contributed by atoms with Gasteiger partial charge in [0, 0.05) is 18.1 Å². The van der Waals surface area contributed by atoms with Crippen LogP contribution >= 0.6 is 11.6 Å². The summed E-state index contributed by atoms with van der Waals surface area (Å²) in [7, 11) is 0. The van der Waals surface area contributed by atoms with E-state index in [0.717, 1.165) is 24.5 Å². The second-order valence-electron chi connectivity index (χ2n) is 6.25. The van der Waals surface area contributed by atoms with Crippen LogP contribution in [0.2, 0.25) is 5.02 Å². The molecule has 1 aromatic heterocycles. The highest BCUT2D eigenvalue weighted by molar-refractivity contribution is 6.32. The van der Waals surface area contributed by atoms with E-state index in [9.17, 15) is 4.79 Å². The van der Waals surface area contributed by atoms with Crippen molar-refractivity contribution in [3.8, 4) is 5.69 Å². The third-order valence-electron chi connectivity index (χ3n) is 4.57. The van der Waals surface area contributed by atoms with Crippen LogP contribution in [0.25, 0.3) is 5.69 Å². The number of likely N-dealkylation sites (tertiary alicyclic amines) is 1. The van der Waals surface area contributed by atoms with Gasteiger partial charge in [-0.15, -0.1) is 0 Å². The molecule has 1 unspecified atom stereocenters. The lowest BCUT2D eigenvalue weighted by Crippen LogP contribution is -2.42. The van der Waals surface area contributed by atoms with Gasteiger partial charge in [-0.2, -0.15) is 0 Å². The molecule has 1 fully saturated rings. The minimum Gasteiger partial charge on any atom is -0.325 e. The number of imidazole rings is 1. The standard InChI is InChI=1S/C18H23ClN4O/c1-14(22-9-4-2-3-5-10-22)18(24)21-15-6-7-17(16(19)12-15)23-11-8-20-13-23/h6-8,11-14H,2-5,9-10H2,1H3,(H,21,24). The van der Waals surface area contributed by atoms with Crippen molar-refractivity contribution in [1.29, 1.82) is 0 Å². The van der Waals surface area contributed by atoms with Gasteiger partial charge >= 0.3 is 0 Å². The van der Waals surface area contributed by atoms with Gasteiger partial charge in [-0.3, -0.25) is 9.69 Å². The second kappa shape index (κ2) is 7.81. The zero-order valence-electron chi connectivity index (χ0n) is 13.9. The molecule has 1 saturated heterocycles. The number of carbonyl (C=O) groups is 1. The summed E-state index contributed by atoms with van der Waals surface area (Å²) in [6.07, 6.45) is 10.1. The molecule has 0 aliphatic carbocycles. The fraction of sp³-hybridized carbons (Fsp3) is 0.444. The van der Waals surface area contributed by atoms with Crippen LogP contribution in [0, 0.1) is 0 Å². The Hall–Kier alpha value is -1.85. The molecule has 0 bridgehead atoms. The lowest BCUT2D eigenvalue weighted by atomic mass is 10.2. The smallest absolute Gasteiger partial charge is 0.241 e. The summed E-state index contributed by atoms with van der Waals surface area (Å²) >= 11 is 6.34. The summed E-state index contributed by atoms with van der Waals surface area (Å²) in [6, 6.07) is 5.41. The number of nitrogens with zero attached hydrogens (tertiary/aromatic N) is 3. The number of hydrogen-bond acceptors (Lipinski definition) is 3. The van der Waals surface area contributed by atoms with Crippen LogP contribution in [0.15, 0.2) is 36.9 Å². The zero-order valence-corrected chi connectivity index (χ0v) is 14.7. The minimum atomic E-state index is -0.129. The molecule has 24 heavy (non-hydrogen) atoms. The minimum absolute atomic E-state index is 0.0170. The summed E-state index contributed by atoms with van der Waals surface area (Å²) in [5.74, 6) is 0.0170. The molecular formula is C18H23ClN4O. The molecule has 0 saturated carbocycles. The van der Waals surface area contributed by atoms with Crippen LogP contribution < -0.4 is 5.32 Å². The Morgan fingerprint density at radius 1 is 1.25 bits per heavy atom. The molecule has 128 valence electrons. The highest BCUT2D eigenvalue weighted by atomic mass is 35.5. The van der Waals surface area contributed by atoms with E-state index in [-0.39, 0.29) is 11.9 Å². The Kier molecular flexibility index (Phi) is 5.53. The number of nitrogens with one attached hydrogen (secondary N) is 1. The van der Waals surface area contributed by atoms with E-state index in [1.54, 1.807) is 18.6 Å². The molecule has 6 heteroatoms. The van der Waals surface area contributed by atoms with Gasteiger partial charge in [-0.1, -0.05) is 24.4 Å². The second-order valence-corrected chi connectivity index (χ2v) is 6.66. The first-order valence-electron chi connectivity index (χ1n) is 8.48. The number of carbonyl (C=O) groups excluding carboxylic acids is 1. The van der Waals surface area contributed by atoms with Crippen LogP contribution in [0.4, 0.5) is 5.69 Å². The van der Waals surface area contributed by atoms with Crippen LogP contribution in [-0.4, -0.2) is 39.5 Å². The van der Waals surface area contributed by atoms with Crippen molar-refractivity contribution in [1.82, 2.24) is 14.5 Å². The average Bonchev–Trinajstić information content (AvgIpc) is 2.96. The van der Waals surface area contributed by atoms with Crippen molar-refractivity contribution in [3.05, 3.63) is 41.9 Å². The maximum absolute atomic E-state index is 12.5. The van der Waals surface area contributed by atoms with Crippen LogP contribution in [-0.2, 0) is 4.79 Å². The molecule has 0 spiro atoms. The normalized spacial score (nSPS) is 17.2. The van der Waals surface area contributed by atoms with Crippen molar-refractivity contribution >= 4 is 23.2 Å². The van der Waals surface area contributed by atoms with Gasteiger partial charge in [0.2, 0.25) is 5.91 Å². The molecular weight excluding hydrogens is 324 g/mol. The van der Waals surface area contributed by atoms with Gasteiger partial charge in [0.25, 0.3) is 0 Å². The van der Waals surface area contributed by atoms with Crippen molar-refractivity contribution in [2.24, 2.45) is 0 Å². The maximum Gasteiger partial charge on any atom is 0.241 e. The number of anilines is 1. The molecule has 1 amide bonds. The first-order chi connectivity index (χ1) is 11.6. The number of rotatable bonds is 4. The van der Waals surface area contributed by atoms with E-state index in [4.69, 9.17) is 11.6 Å². The van der Waals surface area contributed by atoms with Gasteiger partial charge < -0.3 is 9.88 Å². The first kappa shape index (κ1) is 17.0. The summed E-state index contributed by atoms with van der Waals surface area (Å²) in [5, 5.41) is 3.56. The number of amides is 1. The van der Waals surface area contributed by atoms with E-state index < -0.39 is 0 Å². The predicted octanol–water partition coefficient (Wildman–Crippen LogP) is 3.73. The van der Waals surface area contributed by atoms with Crippen molar-refractivity contribution in [3.63, 3.8) is 0 Å². The zero-order chi connectivity index (χ0) is 16.9. The van der Waals surface area contributed by atoms with E-state index in [2.05, 4.69) is 15.2 Å².